The molecule has 6 nitrogen and oxygen atoms in total. The van der Waals surface area contributed by atoms with Gasteiger partial charge in [-0.05, 0) is 35.7 Å². The summed E-state index contributed by atoms with van der Waals surface area (Å²) in [5.41, 5.74) is 1.18. The molecule has 0 aliphatic carbocycles. The zero-order valence-electron chi connectivity index (χ0n) is 15.5. The number of halogens is 1. The molecule has 3 aromatic carbocycles. The van der Waals surface area contributed by atoms with Gasteiger partial charge in [0.05, 0.1) is 29.3 Å². The van der Waals surface area contributed by atoms with E-state index in [0.717, 1.165) is 5.56 Å². The van der Waals surface area contributed by atoms with Gasteiger partial charge in [0.2, 0.25) is 0 Å². The molecule has 3 rings (SSSR count). The third-order valence-corrected chi connectivity index (χ3v) is 5.74. The van der Waals surface area contributed by atoms with E-state index in [1.807, 2.05) is 30.3 Å². The number of nitrogens with zero attached hydrogens (tertiary/aromatic N) is 1. The average molecular weight is 430 g/mol. The summed E-state index contributed by atoms with van der Waals surface area (Å²) < 4.78 is 33.0. The molecule has 29 heavy (non-hydrogen) atoms. The number of aliphatic imine (C=N–C) groups is 1. The van der Waals surface area contributed by atoms with Gasteiger partial charge in [0.15, 0.2) is 0 Å². The fraction of sp³-hybridized carbons (Fsp3) is 0.0952. The highest BCUT2D eigenvalue weighted by Gasteiger charge is 2.17. The molecule has 1 N–H and O–H groups in total. The Hall–Kier alpha value is -3.03. The van der Waals surface area contributed by atoms with Gasteiger partial charge in [-0.25, -0.2) is 8.42 Å². The van der Waals surface area contributed by atoms with Crippen molar-refractivity contribution < 1.29 is 18.3 Å². The summed E-state index contributed by atoms with van der Waals surface area (Å²) in [5.74, 6) is -0.152. The topological polar surface area (TPSA) is 90.8 Å². The standard InChI is InChI=1S/C21H19ClN2O4S/c1-28-20-12-11-16(13-18(20)22)29(26,27)24-19-10-6-5-9-17(19)21(25)23-14-15-7-3-2-4-8-15/h2-13,24H,14H2,1H3,(H,23,25)/p-1. The first kappa shape index (κ1) is 20.7. The molecule has 0 bridgehead atoms. The highest BCUT2D eigenvalue weighted by atomic mass is 35.5. The number of benzene rings is 3. The zero-order chi connectivity index (χ0) is 20.9. The molecule has 0 aromatic heterocycles. The summed E-state index contributed by atoms with van der Waals surface area (Å²) in [6, 6.07) is 19.7. The maximum absolute atomic E-state index is 12.8. The monoisotopic (exact) mass is 429 g/mol. The molecule has 0 heterocycles. The van der Waals surface area contributed by atoms with E-state index in [2.05, 4.69) is 9.71 Å². The van der Waals surface area contributed by atoms with E-state index in [4.69, 9.17) is 16.3 Å². The predicted molar refractivity (Wildman–Crippen MR) is 112 cm³/mol. The summed E-state index contributed by atoms with van der Waals surface area (Å²) in [6.45, 7) is 0.203. The summed E-state index contributed by atoms with van der Waals surface area (Å²) in [5, 5.41) is 12.7. The first-order chi connectivity index (χ1) is 13.9. The molecule has 150 valence electrons. The van der Waals surface area contributed by atoms with Gasteiger partial charge in [0.1, 0.15) is 5.75 Å². The number of hydrogen-bond donors (Lipinski definition) is 1. The van der Waals surface area contributed by atoms with Crippen LogP contribution in [0.1, 0.15) is 11.1 Å². The fourth-order valence-corrected chi connectivity index (χ4v) is 4.04. The van der Waals surface area contributed by atoms with E-state index in [1.54, 1.807) is 12.1 Å². The second-order valence-electron chi connectivity index (χ2n) is 6.05. The van der Waals surface area contributed by atoms with E-state index in [-0.39, 0.29) is 27.7 Å². The summed E-state index contributed by atoms with van der Waals surface area (Å²) in [6.07, 6.45) is 0. The molecule has 0 atom stereocenters. The Morgan fingerprint density at radius 1 is 1.07 bits per heavy atom. The van der Waals surface area contributed by atoms with Crippen molar-refractivity contribution in [2.75, 3.05) is 11.8 Å². The van der Waals surface area contributed by atoms with Crippen LogP contribution in [0.25, 0.3) is 0 Å². The van der Waals surface area contributed by atoms with Crippen molar-refractivity contribution in [2.24, 2.45) is 4.99 Å². The Bertz CT molecular complexity index is 1130. The van der Waals surface area contributed by atoms with Gasteiger partial charge in [-0.1, -0.05) is 60.1 Å². The lowest BCUT2D eigenvalue weighted by atomic mass is 10.2. The Morgan fingerprint density at radius 3 is 2.45 bits per heavy atom. The van der Waals surface area contributed by atoms with Crippen LogP contribution < -0.4 is 14.6 Å². The quantitative estimate of drug-likeness (QED) is 0.460. The largest absolute Gasteiger partial charge is 0.858 e. The van der Waals surface area contributed by atoms with Gasteiger partial charge >= 0.3 is 0 Å². The van der Waals surface area contributed by atoms with Crippen molar-refractivity contribution in [3.8, 4) is 5.75 Å². The van der Waals surface area contributed by atoms with Gasteiger partial charge in [-0.15, -0.1) is 0 Å². The number of nitrogens with one attached hydrogen (secondary N) is 1. The van der Waals surface area contributed by atoms with Gasteiger partial charge in [0, 0.05) is 5.56 Å². The third kappa shape index (κ3) is 5.07. The molecular formula is C21H18ClN2O4S-. The van der Waals surface area contributed by atoms with Gasteiger partial charge in [0.25, 0.3) is 10.0 Å². The molecule has 0 aliphatic rings. The molecule has 0 spiro atoms. The van der Waals surface area contributed by atoms with E-state index in [0.29, 0.717) is 5.75 Å². The first-order valence-electron chi connectivity index (χ1n) is 8.62. The highest BCUT2D eigenvalue weighted by Crippen LogP contribution is 2.28. The van der Waals surface area contributed by atoms with Crippen molar-refractivity contribution in [2.45, 2.75) is 11.4 Å². The van der Waals surface area contributed by atoms with Crippen LogP contribution in [-0.4, -0.2) is 21.4 Å². The number of para-hydroxylation sites is 1. The van der Waals surface area contributed by atoms with E-state index in [1.165, 1.54) is 37.4 Å². The Labute approximate surface area is 174 Å². The number of anilines is 1. The highest BCUT2D eigenvalue weighted by molar-refractivity contribution is 7.92. The van der Waals surface area contributed by atoms with Crippen molar-refractivity contribution in [3.63, 3.8) is 0 Å². The summed E-state index contributed by atoms with van der Waals surface area (Å²) in [7, 11) is -2.53. The fourth-order valence-electron chi connectivity index (χ4n) is 2.61. The predicted octanol–water partition coefficient (Wildman–Crippen LogP) is 3.46. The van der Waals surface area contributed by atoms with Crippen molar-refractivity contribution in [1.29, 1.82) is 0 Å². The maximum Gasteiger partial charge on any atom is 0.261 e. The summed E-state index contributed by atoms with van der Waals surface area (Å²) >= 11 is 6.03. The molecule has 0 amide bonds. The minimum atomic E-state index is -3.97. The van der Waals surface area contributed by atoms with Crippen LogP contribution >= 0.6 is 11.6 Å². The van der Waals surface area contributed by atoms with E-state index in [9.17, 15) is 13.5 Å². The van der Waals surface area contributed by atoms with E-state index < -0.39 is 15.9 Å². The van der Waals surface area contributed by atoms with Gasteiger partial charge < -0.3 is 9.84 Å². The third-order valence-electron chi connectivity index (χ3n) is 4.08. The molecule has 8 heteroatoms. The first-order valence-corrected chi connectivity index (χ1v) is 10.5. The van der Waals surface area contributed by atoms with E-state index >= 15 is 0 Å². The Balaban J connectivity index is 1.87. The maximum atomic E-state index is 12.8. The average Bonchev–Trinajstić information content (AvgIpc) is 2.73. The molecule has 3 aromatic rings. The van der Waals surface area contributed by atoms with Gasteiger partial charge in [-0.3, -0.25) is 9.71 Å². The minimum absolute atomic E-state index is 0.0493. The summed E-state index contributed by atoms with van der Waals surface area (Å²) in [4.78, 5) is 4.00. The van der Waals surface area contributed by atoms with Crippen LogP contribution in [-0.2, 0) is 16.6 Å². The molecule has 0 saturated heterocycles. The molecule has 0 saturated carbocycles. The number of rotatable bonds is 7. The lowest BCUT2D eigenvalue weighted by Crippen LogP contribution is -2.22. The Morgan fingerprint density at radius 2 is 1.76 bits per heavy atom. The molecule has 0 aliphatic heterocycles. The molecule has 0 radical (unpaired) electrons. The van der Waals surface area contributed by atoms with Crippen LogP contribution in [0.15, 0.2) is 82.7 Å². The van der Waals surface area contributed by atoms with Crippen molar-refractivity contribution >= 4 is 33.2 Å². The van der Waals surface area contributed by atoms with Crippen LogP contribution in [0.3, 0.4) is 0 Å². The van der Waals surface area contributed by atoms with Crippen LogP contribution in [0.5, 0.6) is 5.75 Å². The van der Waals surface area contributed by atoms with Crippen molar-refractivity contribution in [1.82, 2.24) is 0 Å². The molecule has 0 fully saturated rings. The zero-order valence-corrected chi connectivity index (χ0v) is 17.1. The number of sulfonamides is 1. The number of hydrogen-bond acceptors (Lipinski definition) is 5. The van der Waals surface area contributed by atoms with Crippen LogP contribution in [0, 0.1) is 0 Å². The van der Waals surface area contributed by atoms with Gasteiger partial charge in [-0.2, -0.15) is 0 Å². The number of ether oxygens (including phenoxy) is 1. The normalized spacial score (nSPS) is 11.9. The smallest absolute Gasteiger partial charge is 0.261 e. The number of methoxy groups -OCH3 is 1. The molecule has 0 unspecified atom stereocenters. The molecular weight excluding hydrogens is 412 g/mol. The second-order valence-corrected chi connectivity index (χ2v) is 8.14. The lowest BCUT2D eigenvalue weighted by molar-refractivity contribution is -0.213. The minimum Gasteiger partial charge on any atom is -0.858 e. The van der Waals surface area contributed by atoms with Crippen LogP contribution in [0.4, 0.5) is 5.69 Å². The second kappa shape index (κ2) is 8.98. The van der Waals surface area contributed by atoms with Crippen LogP contribution in [0.2, 0.25) is 5.02 Å². The SMILES string of the molecule is COc1ccc(S(=O)(=O)Nc2ccccc2C([O-])=NCc2ccccc2)cc1Cl. The van der Waals surface area contributed by atoms with Crippen molar-refractivity contribution in [3.05, 3.63) is 88.9 Å². The Kier molecular flexibility index (Phi) is 6.41. The lowest BCUT2D eigenvalue weighted by Gasteiger charge is -2.17.